The maximum atomic E-state index is 9.30. The van der Waals surface area contributed by atoms with Crippen LogP contribution in [-0.4, -0.2) is 7.11 Å². The molecule has 0 heterocycles. The summed E-state index contributed by atoms with van der Waals surface area (Å²) in [6, 6.07) is 6.21. The van der Waals surface area contributed by atoms with Crippen molar-refractivity contribution in [2.24, 2.45) is 5.92 Å². The molecule has 2 rings (SSSR count). The molecule has 1 saturated carbocycles. The first-order valence-electron chi connectivity index (χ1n) is 5.31. The molecule has 0 spiro atoms. The van der Waals surface area contributed by atoms with E-state index in [2.05, 4.69) is 13.0 Å². The van der Waals surface area contributed by atoms with E-state index in [0.717, 1.165) is 17.5 Å². The molecule has 0 aromatic heterocycles. The Morgan fingerprint density at radius 3 is 2.62 bits per heavy atom. The number of rotatable bonds is 2. The summed E-state index contributed by atoms with van der Waals surface area (Å²) < 4.78 is 5.16. The van der Waals surface area contributed by atoms with Gasteiger partial charge in [-0.1, -0.05) is 18.5 Å². The van der Waals surface area contributed by atoms with Crippen molar-refractivity contribution in [3.8, 4) is 11.8 Å². The molecule has 1 aliphatic rings. The van der Waals surface area contributed by atoms with Gasteiger partial charge in [-0.15, -0.1) is 0 Å². The Bertz CT molecular complexity index is 478. The van der Waals surface area contributed by atoms with Gasteiger partial charge in [0.05, 0.1) is 23.6 Å². The van der Waals surface area contributed by atoms with Crippen LogP contribution in [0, 0.1) is 24.2 Å². The van der Waals surface area contributed by atoms with Gasteiger partial charge in [-0.25, -0.2) is 0 Å². The van der Waals surface area contributed by atoms with Crippen LogP contribution in [0.15, 0.2) is 12.1 Å². The van der Waals surface area contributed by atoms with Crippen LogP contribution in [0.5, 0.6) is 5.75 Å². The average molecular weight is 236 g/mol. The van der Waals surface area contributed by atoms with Crippen molar-refractivity contribution >= 4 is 11.6 Å². The zero-order valence-corrected chi connectivity index (χ0v) is 10.4. The maximum absolute atomic E-state index is 9.30. The fraction of sp³-hybridized carbons (Fsp3) is 0.462. The molecule has 0 radical (unpaired) electrons. The molecule has 1 fully saturated rings. The zero-order valence-electron chi connectivity index (χ0n) is 9.67. The monoisotopic (exact) mass is 235 g/mol. The molecule has 2 nitrogen and oxygen atoms in total. The minimum absolute atomic E-state index is 0.319. The fourth-order valence-electron chi connectivity index (χ4n) is 2.31. The van der Waals surface area contributed by atoms with E-state index >= 15 is 0 Å². The quantitative estimate of drug-likeness (QED) is 0.787. The number of methoxy groups -OCH3 is 1. The van der Waals surface area contributed by atoms with Crippen molar-refractivity contribution in [2.75, 3.05) is 7.11 Å². The number of ether oxygens (including phenoxy) is 1. The molecule has 2 atom stereocenters. The number of hydrogen-bond acceptors (Lipinski definition) is 2. The largest absolute Gasteiger partial charge is 0.495 e. The molecule has 1 aromatic rings. The fourth-order valence-corrected chi connectivity index (χ4v) is 2.55. The number of nitriles is 1. The predicted molar refractivity (Wildman–Crippen MR) is 63.8 cm³/mol. The normalized spacial score (nSPS) is 27.3. The number of nitrogens with zero attached hydrogens (tertiary/aromatic N) is 1. The topological polar surface area (TPSA) is 33.0 Å². The van der Waals surface area contributed by atoms with Crippen LogP contribution in [0.1, 0.15) is 24.5 Å². The lowest BCUT2D eigenvalue weighted by molar-refractivity contribution is 0.414. The molecule has 0 aliphatic heterocycles. The summed E-state index contributed by atoms with van der Waals surface area (Å²) in [6.07, 6.45) is 0.924. The highest BCUT2D eigenvalue weighted by Gasteiger charge is 2.54. The minimum Gasteiger partial charge on any atom is -0.495 e. The molecule has 3 heteroatoms. The summed E-state index contributed by atoms with van der Waals surface area (Å²) in [5.41, 5.74) is 1.81. The second-order valence-corrected chi connectivity index (χ2v) is 4.90. The lowest BCUT2D eigenvalue weighted by Crippen LogP contribution is -2.08. The summed E-state index contributed by atoms with van der Waals surface area (Å²) in [7, 11) is 1.60. The van der Waals surface area contributed by atoms with Gasteiger partial charge in [0.15, 0.2) is 0 Å². The first-order chi connectivity index (χ1) is 7.55. The Labute approximate surface area is 101 Å². The van der Waals surface area contributed by atoms with E-state index in [1.54, 1.807) is 7.11 Å². The molecule has 0 saturated heterocycles. The van der Waals surface area contributed by atoms with E-state index in [4.69, 9.17) is 16.3 Å². The van der Waals surface area contributed by atoms with E-state index < -0.39 is 0 Å². The van der Waals surface area contributed by atoms with E-state index in [1.165, 1.54) is 0 Å². The van der Waals surface area contributed by atoms with Crippen molar-refractivity contribution < 1.29 is 4.74 Å². The first-order valence-corrected chi connectivity index (χ1v) is 5.69. The van der Waals surface area contributed by atoms with Crippen LogP contribution in [0.2, 0.25) is 5.02 Å². The van der Waals surface area contributed by atoms with Crippen molar-refractivity contribution in [1.29, 1.82) is 5.26 Å². The van der Waals surface area contributed by atoms with Gasteiger partial charge in [0.25, 0.3) is 0 Å². The molecule has 2 unspecified atom stereocenters. The van der Waals surface area contributed by atoms with Crippen molar-refractivity contribution in [3.63, 3.8) is 0 Å². The van der Waals surface area contributed by atoms with Gasteiger partial charge in [0.2, 0.25) is 0 Å². The van der Waals surface area contributed by atoms with Crippen LogP contribution < -0.4 is 4.74 Å². The highest BCUT2D eigenvalue weighted by molar-refractivity contribution is 6.32. The molecule has 1 aliphatic carbocycles. The van der Waals surface area contributed by atoms with Gasteiger partial charge < -0.3 is 4.74 Å². The van der Waals surface area contributed by atoms with Gasteiger partial charge in [0.1, 0.15) is 5.75 Å². The van der Waals surface area contributed by atoms with Crippen molar-refractivity contribution in [1.82, 2.24) is 0 Å². The summed E-state index contributed by atoms with van der Waals surface area (Å²) >= 11 is 6.11. The van der Waals surface area contributed by atoms with E-state index in [1.807, 2.05) is 19.1 Å². The van der Waals surface area contributed by atoms with Crippen molar-refractivity contribution in [3.05, 3.63) is 28.3 Å². The molecule has 16 heavy (non-hydrogen) atoms. The first kappa shape index (κ1) is 11.3. The Morgan fingerprint density at radius 1 is 1.56 bits per heavy atom. The van der Waals surface area contributed by atoms with Crippen LogP contribution in [0.25, 0.3) is 0 Å². The van der Waals surface area contributed by atoms with Gasteiger partial charge in [-0.2, -0.15) is 5.26 Å². The highest BCUT2D eigenvalue weighted by atomic mass is 35.5. The maximum Gasteiger partial charge on any atom is 0.137 e. The zero-order chi connectivity index (χ0) is 11.9. The smallest absolute Gasteiger partial charge is 0.137 e. The number of benzene rings is 1. The Morgan fingerprint density at radius 2 is 2.19 bits per heavy atom. The third kappa shape index (κ3) is 1.47. The lowest BCUT2D eigenvalue weighted by atomic mass is 9.91. The molecule has 0 bridgehead atoms. The summed E-state index contributed by atoms with van der Waals surface area (Å²) in [5.74, 6) is 1.09. The van der Waals surface area contributed by atoms with E-state index in [-0.39, 0.29) is 5.41 Å². The SMILES string of the molecule is COc1cc(C)c(C2(C#N)CC2C)cc1Cl. The second kappa shape index (κ2) is 3.68. The van der Waals surface area contributed by atoms with Crippen LogP contribution >= 0.6 is 11.6 Å². The van der Waals surface area contributed by atoms with E-state index in [9.17, 15) is 5.26 Å². The average Bonchev–Trinajstić information content (AvgIpc) is 2.93. The third-order valence-electron chi connectivity index (χ3n) is 3.49. The second-order valence-electron chi connectivity index (χ2n) is 4.49. The summed E-state index contributed by atoms with van der Waals surface area (Å²) in [4.78, 5) is 0. The number of aryl methyl sites for hydroxylation is 1. The number of hydrogen-bond donors (Lipinski definition) is 0. The van der Waals surface area contributed by atoms with Gasteiger partial charge in [0, 0.05) is 0 Å². The Balaban J connectivity index is 2.52. The molecular weight excluding hydrogens is 222 g/mol. The van der Waals surface area contributed by atoms with Gasteiger partial charge >= 0.3 is 0 Å². The Kier molecular flexibility index (Phi) is 2.59. The highest BCUT2D eigenvalue weighted by Crippen LogP contribution is 2.55. The van der Waals surface area contributed by atoms with Crippen LogP contribution in [0.3, 0.4) is 0 Å². The third-order valence-corrected chi connectivity index (χ3v) is 3.78. The van der Waals surface area contributed by atoms with Crippen LogP contribution in [-0.2, 0) is 5.41 Å². The number of halogens is 1. The van der Waals surface area contributed by atoms with Gasteiger partial charge in [-0.05, 0) is 42.5 Å². The predicted octanol–water partition coefficient (Wildman–Crippen LogP) is 3.46. The molecule has 0 amide bonds. The Hall–Kier alpha value is -1.20. The molecular formula is C13H14ClNO. The molecule has 1 aromatic carbocycles. The summed E-state index contributed by atoms with van der Waals surface area (Å²) in [5, 5.41) is 9.88. The molecule has 0 N–H and O–H groups in total. The summed E-state index contributed by atoms with van der Waals surface area (Å²) in [6.45, 7) is 4.10. The molecule has 84 valence electrons. The lowest BCUT2D eigenvalue weighted by Gasteiger charge is -2.14. The minimum atomic E-state index is -0.319. The van der Waals surface area contributed by atoms with Crippen molar-refractivity contribution in [2.45, 2.75) is 25.7 Å². The standard InChI is InChI=1S/C13H14ClNO/c1-8-4-12(16-3)11(14)5-10(8)13(7-15)6-9(13)2/h4-5,9H,6H2,1-3H3. The van der Waals surface area contributed by atoms with E-state index in [0.29, 0.717) is 16.7 Å². The van der Waals surface area contributed by atoms with Crippen LogP contribution in [0.4, 0.5) is 0 Å². The van der Waals surface area contributed by atoms with Gasteiger partial charge in [-0.3, -0.25) is 0 Å².